The molecule has 0 unspecified atom stereocenters. The average Bonchev–Trinajstić information content (AvgIpc) is 3.42. The standard InChI is InChI=1S/C11H13NO3.C10H12O2.C6H9NS2/c1-3-8-14-9-6-4-5-7-10(9)15-11(13)12-2;1-3-4-8-5-6-9(11)10(7-8)12-2;1-2-4-8-6-7-3-5-9-6/h3-7H,1,8H2,2H3,(H,12,13);3,5-7,11H,1,4H2,2H3;2H,1,3-5H2. The van der Waals surface area contributed by atoms with Gasteiger partial charge < -0.3 is 24.6 Å². The second-order valence-corrected chi connectivity index (χ2v) is 9.13. The molecule has 7 nitrogen and oxygen atoms in total. The third kappa shape index (κ3) is 12.4. The van der Waals surface area contributed by atoms with Gasteiger partial charge in [-0.3, -0.25) is 4.99 Å². The van der Waals surface area contributed by atoms with Crippen LogP contribution in [0.15, 0.2) is 85.4 Å². The second-order valence-electron chi connectivity index (χ2n) is 6.78. The van der Waals surface area contributed by atoms with Crippen molar-refractivity contribution in [2.45, 2.75) is 6.42 Å². The van der Waals surface area contributed by atoms with Gasteiger partial charge in [0.2, 0.25) is 0 Å². The molecule has 0 saturated heterocycles. The smallest absolute Gasteiger partial charge is 0.412 e. The summed E-state index contributed by atoms with van der Waals surface area (Å²) in [4.78, 5) is 15.3. The fraction of sp³-hybridized carbons (Fsp3) is 0.259. The largest absolute Gasteiger partial charge is 0.504 e. The Bertz CT molecular complexity index is 1010. The first-order valence-corrected chi connectivity index (χ1v) is 13.1. The van der Waals surface area contributed by atoms with E-state index in [0.29, 0.717) is 23.9 Å². The Balaban J connectivity index is 0.000000279. The molecule has 1 aliphatic heterocycles. The van der Waals surface area contributed by atoms with E-state index in [-0.39, 0.29) is 5.75 Å². The lowest BCUT2D eigenvalue weighted by atomic mass is 10.1. The zero-order valence-electron chi connectivity index (χ0n) is 20.8. The lowest BCUT2D eigenvalue weighted by Crippen LogP contribution is -2.22. The van der Waals surface area contributed by atoms with Crippen LogP contribution in [0, 0.1) is 0 Å². The number of phenolic OH excluding ortho intramolecular Hbond substituents is 1. The first-order chi connectivity index (χ1) is 17.5. The lowest BCUT2D eigenvalue weighted by molar-refractivity contribution is 0.200. The molecule has 0 saturated carbocycles. The van der Waals surface area contributed by atoms with Gasteiger partial charge >= 0.3 is 6.09 Å². The van der Waals surface area contributed by atoms with E-state index in [2.05, 4.69) is 30.0 Å². The van der Waals surface area contributed by atoms with Crippen LogP contribution in [0.4, 0.5) is 4.79 Å². The molecule has 0 bridgehead atoms. The molecule has 0 radical (unpaired) electrons. The predicted molar refractivity (Wildman–Crippen MR) is 153 cm³/mol. The van der Waals surface area contributed by atoms with Crippen LogP contribution in [0.25, 0.3) is 0 Å². The highest BCUT2D eigenvalue weighted by Gasteiger charge is 2.07. The van der Waals surface area contributed by atoms with Crippen LogP contribution in [0.5, 0.6) is 23.0 Å². The van der Waals surface area contributed by atoms with Crippen LogP contribution in [-0.4, -0.2) is 54.4 Å². The number of thioether (sulfide) groups is 2. The number of ether oxygens (including phenoxy) is 3. The molecule has 0 aliphatic carbocycles. The number of amides is 1. The molecule has 0 atom stereocenters. The maximum absolute atomic E-state index is 11.0. The number of allylic oxidation sites excluding steroid dienone is 1. The Hall–Kier alpha value is -3.30. The quantitative estimate of drug-likeness (QED) is 0.378. The van der Waals surface area contributed by atoms with Gasteiger partial charge in [0, 0.05) is 18.6 Å². The van der Waals surface area contributed by atoms with Crippen molar-refractivity contribution in [1.29, 1.82) is 0 Å². The van der Waals surface area contributed by atoms with E-state index >= 15 is 0 Å². The summed E-state index contributed by atoms with van der Waals surface area (Å²) in [5, 5.41) is 11.6. The van der Waals surface area contributed by atoms with E-state index in [4.69, 9.17) is 14.2 Å². The fourth-order valence-electron chi connectivity index (χ4n) is 2.50. The highest BCUT2D eigenvalue weighted by atomic mass is 32.2. The van der Waals surface area contributed by atoms with E-state index in [9.17, 15) is 9.90 Å². The number of carbonyl (C=O) groups is 1. The zero-order valence-corrected chi connectivity index (χ0v) is 22.4. The summed E-state index contributed by atoms with van der Waals surface area (Å²) in [6.07, 6.45) is 5.61. The van der Waals surface area contributed by atoms with E-state index in [1.807, 2.05) is 30.0 Å². The number of phenols is 1. The van der Waals surface area contributed by atoms with Gasteiger partial charge in [-0.2, -0.15) is 0 Å². The van der Waals surface area contributed by atoms with Crippen molar-refractivity contribution >= 4 is 34.0 Å². The van der Waals surface area contributed by atoms with Crippen molar-refractivity contribution in [2.24, 2.45) is 4.99 Å². The van der Waals surface area contributed by atoms with Crippen molar-refractivity contribution in [3.8, 4) is 23.0 Å². The third-order valence-electron chi connectivity index (χ3n) is 4.12. The Kier molecular flexibility index (Phi) is 16.2. The number of methoxy groups -OCH3 is 1. The highest BCUT2D eigenvalue weighted by Crippen LogP contribution is 2.27. The number of carbonyl (C=O) groups excluding carboxylic acids is 1. The number of hydrogen-bond donors (Lipinski definition) is 2. The number of rotatable bonds is 9. The maximum Gasteiger partial charge on any atom is 0.412 e. The predicted octanol–water partition coefficient (Wildman–Crippen LogP) is 6.11. The van der Waals surface area contributed by atoms with Crippen LogP contribution in [0.1, 0.15) is 5.56 Å². The lowest BCUT2D eigenvalue weighted by Gasteiger charge is -2.09. The molecule has 9 heteroatoms. The van der Waals surface area contributed by atoms with E-state index in [1.165, 1.54) is 24.3 Å². The van der Waals surface area contributed by atoms with E-state index in [0.717, 1.165) is 24.3 Å². The van der Waals surface area contributed by atoms with Gasteiger partial charge in [-0.05, 0) is 36.2 Å². The molecule has 0 aromatic heterocycles. The van der Waals surface area contributed by atoms with Gasteiger partial charge in [0.05, 0.1) is 13.7 Å². The van der Waals surface area contributed by atoms with Crippen molar-refractivity contribution in [1.82, 2.24) is 5.32 Å². The van der Waals surface area contributed by atoms with Crippen LogP contribution in [0.3, 0.4) is 0 Å². The normalized spacial score (nSPS) is 11.3. The Morgan fingerprint density at radius 2 is 1.89 bits per heavy atom. The van der Waals surface area contributed by atoms with Crippen molar-refractivity contribution in [3.05, 3.63) is 86.0 Å². The molecule has 194 valence electrons. The zero-order chi connectivity index (χ0) is 26.6. The number of hydrogen-bond acceptors (Lipinski definition) is 8. The molecule has 36 heavy (non-hydrogen) atoms. The van der Waals surface area contributed by atoms with Crippen LogP contribution < -0.4 is 19.5 Å². The van der Waals surface area contributed by atoms with E-state index in [1.54, 1.807) is 54.2 Å². The molecular weight excluding hydrogens is 496 g/mol. The molecule has 2 aromatic rings. The molecule has 0 fully saturated rings. The Morgan fingerprint density at radius 3 is 2.47 bits per heavy atom. The van der Waals surface area contributed by atoms with Crippen molar-refractivity contribution in [3.63, 3.8) is 0 Å². The average molecular weight is 531 g/mol. The third-order valence-corrected chi connectivity index (χ3v) is 6.37. The molecule has 2 aromatic carbocycles. The number of aliphatic imine (C=N–C) groups is 1. The Morgan fingerprint density at radius 1 is 1.14 bits per heavy atom. The van der Waals surface area contributed by atoms with Crippen molar-refractivity contribution in [2.75, 3.05) is 38.8 Å². The minimum atomic E-state index is -0.523. The van der Waals surface area contributed by atoms with Gasteiger partial charge in [0.15, 0.2) is 23.0 Å². The van der Waals surface area contributed by atoms with Gasteiger partial charge in [-0.25, -0.2) is 4.79 Å². The summed E-state index contributed by atoms with van der Waals surface area (Å²) in [7, 11) is 3.03. The maximum atomic E-state index is 11.0. The summed E-state index contributed by atoms with van der Waals surface area (Å²) in [5.41, 5.74) is 1.08. The van der Waals surface area contributed by atoms with Crippen LogP contribution in [-0.2, 0) is 6.42 Å². The summed E-state index contributed by atoms with van der Waals surface area (Å²) in [5.74, 6) is 3.74. The number of para-hydroxylation sites is 2. The topological polar surface area (TPSA) is 89.4 Å². The SMILES string of the molecule is C=CCOc1ccccc1OC(=O)NC.C=CCSC1=NCCS1.C=CCc1ccc(O)c(OC)c1. The molecule has 1 amide bonds. The molecule has 0 spiro atoms. The summed E-state index contributed by atoms with van der Waals surface area (Å²) < 4.78 is 16.5. The Labute approximate surface area is 222 Å². The van der Waals surface area contributed by atoms with Crippen molar-refractivity contribution < 1.29 is 24.1 Å². The number of nitrogens with one attached hydrogen (secondary N) is 1. The first kappa shape index (κ1) is 30.7. The van der Waals surface area contributed by atoms with Gasteiger partial charge in [-0.1, -0.05) is 66.5 Å². The monoisotopic (exact) mass is 530 g/mol. The highest BCUT2D eigenvalue weighted by molar-refractivity contribution is 8.39. The molecule has 1 aliphatic rings. The van der Waals surface area contributed by atoms with Gasteiger partial charge in [-0.15, -0.1) is 13.2 Å². The molecular formula is C27H34N2O5S2. The van der Waals surface area contributed by atoms with Crippen LogP contribution in [0.2, 0.25) is 0 Å². The summed E-state index contributed by atoms with van der Waals surface area (Å²) in [6.45, 7) is 12.2. The summed E-state index contributed by atoms with van der Waals surface area (Å²) in [6, 6.07) is 12.2. The number of aromatic hydroxyl groups is 1. The molecule has 1 heterocycles. The minimum Gasteiger partial charge on any atom is -0.504 e. The minimum absolute atomic E-state index is 0.172. The van der Waals surface area contributed by atoms with E-state index < -0.39 is 6.09 Å². The van der Waals surface area contributed by atoms with Gasteiger partial charge in [0.1, 0.15) is 11.0 Å². The summed E-state index contributed by atoms with van der Waals surface area (Å²) >= 11 is 3.63. The first-order valence-electron chi connectivity index (χ1n) is 11.1. The number of benzene rings is 2. The second kappa shape index (κ2) is 19.0. The molecule has 2 N–H and O–H groups in total. The number of nitrogens with zero attached hydrogens (tertiary/aromatic N) is 1. The fourth-order valence-corrected chi connectivity index (χ4v) is 4.27. The van der Waals surface area contributed by atoms with Crippen LogP contribution >= 0.6 is 23.5 Å². The molecule has 3 rings (SSSR count). The van der Waals surface area contributed by atoms with Gasteiger partial charge in [0.25, 0.3) is 0 Å².